The lowest BCUT2D eigenvalue weighted by molar-refractivity contribution is 0.542. The van der Waals surface area contributed by atoms with E-state index in [1.54, 1.807) is 30.3 Å². The van der Waals surface area contributed by atoms with Gasteiger partial charge in [0.15, 0.2) is 0 Å². The highest BCUT2D eigenvalue weighted by Gasteiger charge is 2.12. The first kappa shape index (κ1) is 18.1. The van der Waals surface area contributed by atoms with E-state index in [1.165, 1.54) is 4.68 Å². The van der Waals surface area contributed by atoms with Gasteiger partial charge < -0.3 is 9.27 Å². The van der Waals surface area contributed by atoms with E-state index in [2.05, 4.69) is 9.82 Å². The van der Waals surface area contributed by atoms with Crippen LogP contribution in [0.1, 0.15) is 5.56 Å². The van der Waals surface area contributed by atoms with E-state index in [4.69, 9.17) is 0 Å². The Morgan fingerprint density at radius 2 is 1.54 bits per heavy atom. The molecule has 4 rings (SSSR count). The second-order valence-corrected chi connectivity index (χ2v) is 6.93. The normalized spacial score (nSPS) is 12.0. The second kappa shape index (κ2) is 7.75. The van der Waals surface area contributed by atoms with Gasteiger partial charge in [0.2, 0.25) is 0 Å². The van der Waals surface area contributed by atoms with Gasteiger partial charge in [-0.15, -0.1) is 0 Å². The summed E-state index contributed by atoms with van der Waals surface area (Å²) in [7, 11) is 0. The van der Waals surface area contributed by atoms with E-state index >= 15 is 0 Å². The average Bonchev–Trinajstić information content (AvgIpc) is 2.71. The maximum atomic E-state index is 12.9. The first-order chi connectivity index (χ1) is 13.6. The van der Waals surface area contributed by atoms with Gasteiger partial charge in [-0.1, -0.05) is 60.7 Å². The maximum absolute atomic E-state index is 12.9. The zero-order chi connectivity index (χ0) is 19.5. The van der Waals surface area contributed by atoms with E-state index < -0.39 is 11.3 Å². The summed E-state index contributed by atoms with van der Waals surface area (Å²) >= 11 is -2.38. The van der Waals surface area contributed by atoms with Crippen LogP contribution in [0, 0.1) is 0 Å². The molecule has 1 N–H and O–H groups in total. The highest BCUT2D eigenvalue weighted by molar-refractivity contribution is 7.80. The summed E-state index contributed by atoms with van der Waals surface area (Å²) in [5.41, 5.74) is 2.75. The van der Waals surface area contributed by atoms with E-state index in [9.17, 15) is 13.6 Å². The number of aromatic nitrogens is 2. The van der Waals surface area contributed by atoms with E-state index in [0.717, 1.165) is 16.5 Å². The van der Waals surface area contributed by atoms with Gasteiger partial charge in [-0.05, 0) is 23.8 Å². The third-order valence-corrected chi connectivity index (χ3v) is 4.80. The van der Waals surface area contributed by atoms with Crippen molar-refractivity contribution in [3.8, 4) is 11.3 Å². The Bertz CT molecular complexity index is 1210. The van der Waals surface area contributed by atoms with Crippen LogP contribution in [0.15, 0.2) is 83.7 Å². The van der Waals surface area contributed by atoms with Crippen LogP contribution in [0.4, 0.5) is 5.69 Å². The molecule has 0 radical (unpaired) electrons. The van der Waals surface area contributed by atoms with Crippen molar-refractivity contribution in [2.45, 2.75) is 6.54 Å². The molecule has 1 unspecified atom stereocenters. The van der Waals surface area contributed by atoms with E-state index in [-0.39, 0.29) is 5.56 Å². The average molecular weight is 390 g/mol. The third-order valence-electron chi connectivity index (χ3n) is 4.40. The van der Waals surface area contributed by atoms with Gasteiger partial charge in [0.05, 0.1) is 17.6 Å². The number of nitrogens with one attached hydrogen (secondary N) is 1. The molecule has 0 bridgehead atoms. The minimum atomic E-state index is -2.38. The Morgan fingerprint density at radius 3 is 2.21 bits per heavy atom. The molecule has 1 heterocycles. The van der Waals surface area contributed by atoms with Gasteiger partial charge in [-0.2, -0.15) is 5.10 Å². The molecule has 140 valence electrons. The lowest BCUT2D eigenvalue weighted by Gasteiger charge is -2.13. The quantitative estimate of drug-likeness (QED) is 0.530. The molecule has 1 aromatic heterocycles. The van der Waals surface area contributed by atoms with Crippen molar-refractivity contribution in [2.75, 3.05) is 4.72 Å². The summed E-state index contributed by atoms with van der Waals surface area (Å²) in [5, 5.41) is 5.96. The number of hydrogen-bond acceptors (Lipinski definition) is 4. The topological polar surface area (TPSA) is 87.1 Å². The summed E-state index contributed by atoms with van der Waals surface area (Å²) < 4.78 is 25.4. The Morgan fingerprint density at radius 1 is 0.893 bits per heavy atom. The fourth-order valence-corrected chi connectivity index (χ4v) is 3.43. The summed E-state index contributed by atoms with van der Waals surface area (Å²) in [6, 6.07) is 23.9. The molecular weight excluding hydrogens is 374 g/mol. The smallest absolute Gasteiger partial charge is 0.274 e. The van der Waals surface area contributed by atoms with Crippen molar-refractivity contribution < 1.29 is 8.76 Å². The van der Waals surface area contributed by atoms with E-state index in [1.807, 2.05) is 48.5 Å². The van der Waals surface area contributed by atoms with Gasteiger partial charge in [0.25, 0.3) is 5.56 Å². The molecular formula is C21H16N3O3S-. The molecule has 3 aromatic carbocycles. The molecule has 0 saturated heterocycles. The third kappa shape index (κ3) is 3.71. The van der Waals surface area contributed by atoms with Crippen LogP contribution >= 0.6 is 0 Å². The largest absolute Gasteiger partial charge is 0.755 e. The molecule has 6 nitrogen and oxygen atoms in total. The first-order valence-electron chi connectivity index (χ1n) is 8.62. The maximum Gasteiger partial charge on any atom is 0.274 e. The molecule has 0 saturated carbocycles. The van der Waals surface area contributed by atoms with Gasteiger partial charge in [0, 0.05) is 27.9 Å². The minimum absolute atomic E-state index is 0.150. The predicted molar refractivity (Wildman–Crippen MR) is 110 cm³/mol. The number of nitrogens with zero attached hydrogens (tertiary/aromatic N) is 2. The number of anilines is 1. The fourth-order valence-electron chi connectivity index (χ4n) is 3.10. The minimum Gasteiger partial charge on any atom is -0.755 e. The molecule has 0 spiro atoms. The molecule has 0 amide bonds. The highest BCUT2D eigenvalue weighted by Crippen LogP contribution is 2.26. The first-order valence-corrected chi connectivity index (χ1v) is 9.69. The van der Waals surface area contributed by atoms with Crippen molar-refractivity contribution >= 4 is 27.7 Å². The molecule has 0 aliphatic rings. The number of fused-ring (bicyclic) bond motifs is 1. The monoisotopic (exact) mass is 390 g/mol. The van der Waals surface area contributed by atoms with Crippen molar-refractivity contribution in [2.24, 2.45) is 0 Å². The molecule has 7 heteroatoms. The summed E-state index contributed by atoms with van der Waals surface area (Å²) in [6.45, 7) is 0.367. The molecule has 4 aromatic rings. The molecule has 1 atom stereocenters. The summed E-state index contributed by atoms with van der Waals surface area (Å²) in [5.74, 6) is 0. The lowest BCUT2D eigenvalue weighted by atomic mass is 10.0. The van der Waals surface area contributed by atoms with Gasteiger partial charge in [-0.3, -0.25) is 9.00 Å². The van der Waals surface area contributed by atoms with Crippen molar-refractivity contribution in [3.05, 3.63) is 94.8 Å². The predicted octanol–water partition coefficient (Wildman–Crippen LogP) is 3.32. The summed E-state index contributed by atoms with van der Waals surface area (Å²) in [4.78, 5) is 12.9. The number of benzene rings is 3. The van der Waals surface area contributed by atoms with Gasteiger partial charge in [-0.25, -0.2) is 4.68 Å². The van der Waals surface area contributed by atoms with Crippen LogP contribution in [-0.2, 0) is 17.8 Å². The van der Waals surface area contributed by atoms with E-state index in [0.29, 0.717) is 23.3 Å². The number of rotatable bonds is 5. The second-order valence-electron chi connectivity index (χ2n) is 6.26. The van der Waals surface area contributed by atoms with Crippen LogP contribution in [0.5, 0.6) is 0 Å². The zero-order valence-electron chi connectivity index (χ0n) is 14.7. The SMILES string of the molecule is O=c1c2ccccc2c(-c2ccc(NS(=O)[O-])cc2)nn1Cc1ccccc1. The fraction of sp³-hybridized carbons (Fsp3) is 0.0476. The molecule has 0 aliphatic carbocycles. The van der Waals surface area contributed by atoms with Crippen LogP contribution in [0.2, 0.25) is 0 Å². The Hall–Kier alpha value is -3.29. The Labute approximate surface area is 163 Å². The highest BCUT2D eigenvalue weighted by atomic mass is 32.2. The molecule has 28 heavy (non-hydrogen) atoms. The standard InChI is InChI=1S/C21H17N3O3S/c25-21-19-9-5-4-8-18(19)20(16-10-12-17(13-11-16)23-28(26)27)22-24(21)14-15-6-2-1-3-7-15/h1-13,23H,14H2,(H,26,27)/p-1. The number of hydrogen-bond donors (Lipinski definition) is 1. The van der Waals surface area contributed by atoms with Crippen molar-refractivity contribution in [1.29, 1.82) is 0 Å². The molecule has 0 aliphatic heterocycles. The van der Waals surface area contributed by atoms with Crippen molar-refractivity contribution in [1.82, 2.24) is 9.78 Å². The summed E-state index contributed by atoms with van der Waals surface area (Å²) in [6.07, 6.45) is 0. The van der Waals surface area contributed by atoms with Gasteiger partial charge >= 0.3 is 0 Å². The zero-order valence-corrected chi connectivity index (χ0v) is 15.6. The van der Waals surface area contributed by atoms with Gasteiger partial charge in [0.1, 0.15) is 0 Å². The van der Waals surface area contributed by atoms with Crippen LogP contribution < -0.4 is 10.3 Å². The van der Waals surface area contributed by atoms with Crippen molar-refractivity contribution in [3.63, 3.8) is 0 Å². The van der Waals surface area contributed by atoms with Crippen LogP contribution in [0.25, 0.3) is 22.0 Å². The van der Waals surface area contributed by atoms with Crippen LogP contribution in [0.3, 0.4) is 0 Å². The lowest BCUT2D eigenvalue weighted by Crippen LogP contribution is -2.24. The molecule has 0 fully saturated rings. The Balaban J connectivity index is 1.84. The Kier molecular flexibility index (Phi) is 5.01. The van der Waals surface area contributed by atoms with Crippen LogP contribution in [-0.4, -0.2) is 18.5 Å².